The van der Waals surface area contributed by atoms with Crippen LogP contribution in [0.4, 0.5) is 4.39 Å². The van der Waals surface area contributed by atoms with Crippen molar-refractivity contribution in [1.82, 2.24) is 4.98 Å². The molecule has 0 fully saturated rings. The summed E-state index contributed by atoms with van der Waals surface area (Å²) in [5.41, 5.74) is 2.74. The van der Waals surface area contributed by atoms with Crippen molar-refractivity contribution < 1.29 is 4.39 Å². The summed E-state index contributed by atoms with van der Waals surface area (Å²) in [5.74, 6) is -0.333. The summed E-state index contributed by atoms with van der Waals surface area (Å²) in [6.45, 7) is 3.54. The van der Waals surface area contributed by atoms with Crippen molar-refractivity contribution in [2.45, 2.75) is 13.8 Å². The van der Waals surface area contributed by atoms with Gasteiger partial charge in [-0.15, -0.1) is 0 Å². The predicted molar refractivity (Wildman–Crippen MR) is 71.5 cm³/mol. The molecule has 0 bridgehead atoms. The van der Waals surface area contributed by atoms with Gasteiger partial charge in [-0.05, 0) is 43.2 Å². The largest absolute Gasteiger partial charge is 0.354 e. The van der Waals surface area contributed by atoms with Crippen LogP contribution in [0.1, 0.15) is 11.1 Å². The number of aromatic nitrogens is 1. The lowest BCUT2D eigenvalue weighted by atomic mass is 10.0. The van der Waals surface area contributed by atoms with E-state index in [2.05, 4.69) is 4.98 Å². The standard InChI is InChI=1S/C15H12FNO/c1-8-9(2)14-11(7-12(8)16)15(18)10-5-3-4-6-13(10)17-14/h3-7H,1-2H3,(H,17,18). The van der Waals surface area contributed by atoms with Crippen LogP contribution in [0, 0.1) is 19.7 Å². The zero-order chi connectivity index (χ0) is 12.9. The topological polar surface area (TPSA) is 32.9 Å². The molecule has 0 unspecified atom stereocenters. The second kappa shape index (κ2) is 3.67. The zero-order valence-electron chi connectivity index (χ0n) is 10.2. The molecule has 18 heavy (non-hydrogen) atoms. The number of aryl methyl sites for hydroxylation is 1. The molecule has 0 amide bonds. The van der Waals surface area contributed by atoms with Gasteiger partial charge >= 0.3 is 0 Å². The zero-order valence-corrected chi connectivity index (χ0v) is 10.2. The highest BCUT2D eigenvalue weighted by Crippen LogP contribution is 2.22. The van der Waals surface area contributed by atoms with E-state index in [-0.39, 0.29) is 11.2 Å². The fourth-order valence-corrected chi connectivity index (χ4v) is 2.29. The Morgan fingerprint density at radius 3 is 2.56 bits per heavy atom. The van der Waals surface area contributed by atoms with Crippen molar-refractivity contribution in [2.75, 3.05) is 0 Å². The minimum absolute atomic E-state index is 0.124. The first-order valence-corrected chi connectivity index (χ1v) is 5.80. The van der Waals surface area contributed by atoms with E-state index in [9.17, 15) is 9.18 Å². The van der Waals surface area contributed by atoms with E-state index in [4.69, 9.17) is 0 Å². The number of hydrogen-bond donors (Lipinski definition) is 1. The lowest BCUT2D eigenvalue weighted by molar-refractivity contribution is 0.619. The van der Waals surface area contributed by atoms with Gasteiger partial charge in [0.1, 0.15) is 5.82 Å². The van der Waals surface area contributed by atoms with Crippen LogP contribution < -0.4 is 5.43 Å². The Kier molecular flexibility index (Phi) is 2.23. The molecule has 0 aliphatic rings. The molecular formula is C15H12FNO. The van der Waals surface area contributed by atoms with Gasteiger partial charge in [0, 0.05) is 16.3 Å². The SMILES string of the molecule is Cc1c(F)cc2c(=O)c3ccccc3[nH]c2c1C. The van der Waals surface area contributed by atoms with Gasteiger partial charge in [0.05, 0.1) is 5.52 Å². The average molecular weight is 241 g/mol. The number of fused-ring (bicyclic) bond motifs is 2. The van der Waals surface area contributed by atoms with Crippen LogP contribution in [0.15, 0.2) is 35.1 Å². The molecule has 0 radical (unpaired) electrons. The summed E-state index contributed by atoms with van der Waals surface area (Å²) in [6.07, 6.45) is 0. The Labute approximate surface area is 103 Å². The van der Waals surface area contributed by atoms with E-state index in [1.807, 2.05) is 19.1 Å². The Morgan fingerprint density at radius 1 is 1.06 bits per heavy atom. The molecule has 2 nitrogen and oxygen atoms in total. The van der Waals surface area contributed by atoms with Crippen LogP contribution in [0.25, 0.3) is 21.8 Å². The van der Waals surface area contributed by atoms with Gasteiger partial charge < -0.3 is 4.98 Å². The Hall–Kier alpha value is -2.16. The van der Waals surface area contributed by atoms with E-state index >= 15 is 0 Å². The molecule has 1 heterocycles. The van der Waals surface area contributed by atoms with Crippen molar-refractivity contribution in [2.24, 2.45) is 0 Å². The van der Waals surface area contributed by atoms with E-state index in [0.29, 0.717) is 16.3 Å². The number of hydrogen-bond acceptors (Lipinski definition) is 1. The number of aromatic amines is 1. The summed E-state index contributed by atoms with van der Waals surface area (Å²) in [5, 5.41) is 1.00. The van der Waals surface area contributed by atoms with Crippen molar-refractivity contribution in [3.63, 3.8) is 0 Å². The van der Waals surface area contributed by atoms with Gasteiger partial charge in [-0.3, -0.25) is 4.79 Å². The maximum atomic E-state index is 13.7. The first-order chi connectivity index (χ1) is 8.59. The van der Waals surface area contributed by atoms with Crippen LogP contribution in [-0.2, 0) is 0 Å². The summed E-state index contributed by atoms with van der Waals surface area (Å²) in [7, 11) is 0. The van der Waals surface area contributed by atoms with E-state index < -0.39 is 0 Å². The van der Waals surface area contributed by atoms with Gasteiger partial charge in [0.2, 0.25) is 0 Å². The lowest BCUT2D eigenvalue weighted by Crippen LogP contribution is -2.06. The van der Waals surface area contributed by atoms with Gasteiger partial charge in [0.15, 0.2) is 5.43 Å². The summed E-state index contributed by atoms with van der Waals surface area (Å²) >= 11 is 0. The molecule has 0 saturated heterocycles. The first-order valence-electron chi connectivity index (χ1n) is 5.80. The number of benzene rings is 2. The van der Waals surface area contributed by atoms with Crippen LogP contribution in [0.3, 0.4) is 0 Å². The first kappa shape index (κ1) is 11.0. The molecule has 1 aromatic heterocycles. The van der Waals surface area contributed by atoms with Crippen LogP contribution in [0.5, 0.6) is 0 Å². The molecule has 3 rings (SSSR count). The lowest BCUT2D eigenvalue weighted by Gasteiger charge is -2.08. The molecule has 0 atom stereocenters. The predicted octanol–water partition coefficient (Wildman–Crippen LogP) is 3.44. The van der Waals surface area contributed by atoms with E-state index in [1.165, 1.54) is 6.07 Å². The van der Waals surface area contributed by atoms with Gasteiger partial charge in [-0.25, -0.2) is 4.39 Å². The molecule has 0 spiro atoms. The molecule has 3 heteroatoms. The molecule has 3 aromatic rings. The third kappa shape index (κ3) is 1.37. The number of H-pyrrole nitrogens is 1. The highest BCUT2D eigenvalue weighted by Gasteiger charge is 2.11. The van der Waals surface area contributed by atoms with Crippen molar-refractivity contribution in [1.29, 1.82) is 0 Å². The summed E-state index contributed by atoms with van der Waals surface area (Å²) < 4.78 is 13.7. The minimum Gasteiger partial charge on any atom is -0.354 e. The monoisotopic (exact) mass is 241 g/mol. The fraction of sp³-hybridized carbons (Fsp3) is 0.133. The number of rotatable bonds is 0. The molecule has 0 aliphatic carbocycles. The van der Waals surface area contributed by atoms with E-state index in [0.717, 1.165) is 16.6 Å². The second-order valence-electron chi connectivity index (χ2n) is 4.53. The molecule has 90 valence electrons. The maximum absolute atomic E-state index is 13.7. The molecule has 2 aromatic carbocycles. The van der Waals surface area contributed by atoms with Crippen molar-refractivity contribution >= 4 is 21.8 Å². The van der Waals surface area contributed by atoms with Crippen LogP contribution in [-0.4, -0.2) is 4.98 Å². The highest BCUT2D eigenvalue weighted by atomic mass is 19.1. The van der Waals surface area contributed by atoms with E-state index in [1.54, 1.807) is 19.1 Å². The highest BCUT2D eigenvalue weighted by molar-refractivity contribution is 5.94. The third-order valence-corrected chi connectivity index (χ3v) is 3.51. The molecular weight excluding hydrogens is 229 g/mol. The quantitative estimate of drug-likeness (QED) is 0.601. The average Bonchev–Trinajstić information content (AvgIpc) is 2.38. The smallest absolute Gasteiger partial charge is 0.197 e. The number of para-hydroxylation sites is 1. The van der Waals surface area contributed by atoms with Gasteiger partial charge in [0.25, 0.3) is 0 Å². The minimum atomic E-state index is -0.333. The normalized spacial score (nSPS) is 11.3. The van der Waals surface area contributed by atoms with Crippen molar-refractivity contribution in [3.8, 4) is 0 Å². The maximum Gasteiger partial charge on any atom is 0.197 e. The fourth-order valence-electron chi connectivity index (χ4n) is 2.29. The molecule has 1 N–H and O–H groups in total. The Balaban J connectivity index is 2.65. The van der Waals surface area contributed by atoms with Crippen LogP contribution in [0.2, 0.25) is 0 Å². The van der Waals surface area contributed by atoms with Crippen LogP contribution >= 0.6 is 0 Å². The second-order valence-corrected chi connectivity index (χ2v) is 4.53. The molecule has 0 aliphatic heterocycles. The third-order valence-electron chi connectivity index (χ3n) is 3.51. The summed E-state index contributed by atoms with van der Waals surface area (Å²) in [4.78, 5) is 15.5. The number of pyridine rings is 1. The Bertz CT molecular complexity index is 833. The van der Waals surface area contributed by atoms with Gasteiger partial charge in [-0.1, -0.05) is 12.1 Å². The van der Waals surface area contributed by atoms with Gasteiger partial charge in [-0.2, -0.15) is 0 Å². The Morgan fingerprint density at radius 2 is 1.78 bits per heavy atom. The van der Waals surface area contributed by atoms with Crippen molar-refractivity contribution in [3.05, 3.63) is 57.5 Å². The number of nitrogens with one attached hydrogen (secondary N) is 1. The molecule has 0 saturated carbocycles. The summed E-state index contributed by atoms with van der Waals surface area (Å²) in [6, 6.07) is 8.61. The number of halogens is 1.